The largest absolute Gasteiger partial charge is 0.483 e. The molecule has 168 valence electrons. The molecule has 1 heterocycles. The minimum atomic E-state index is -5.15. The standard InChI is InChI=1S/C17H13F5N2O6S/c18-10-3-2-9(6-11(10)19)31(28,29)24-7-14(15(25)17(20,21)22)30-13-4-1-8(5-12(13)24)23-16(26)27/h1-6,14-15,23,25H,7H2,(H,26,27)/t14-,15+/m0/s1. The Labute approximate surface area is 171 Å². The Morgan fingerprint density at radius 2 is 1.84 bits per heavy atom. The molecule has 3 N–H and O–H groups in total. The first kappa shape index (κ1) is 22.6. The van der Waals surface area contributed by atoms with Crippen LogP contribution in [0.1, 0.15) is 0 Å². The Kier molecular flexibility index (Phi) is 5.71. The molecule has 0 bridgehead atoms. The third kappa shape index (κ3) is 4.49. The van der Waals surface area contributed by atoms with E-state index in [2.05, 4.69) is 0 Å². The summed E-state index contributed by atoms with van der Waals surface area (Å²) in [6.45, 7) is -1.05. The highest BCUT2D eigenvalue weighted by molar-refractivity contribution is 7.92. The molecule has 0 saturated heterocycles. The average Bonchev–Trinajstić information content (AvgIpc) is 2.67. The molecule has 0 unspecified atom stereocenters. The van der Waals surface area contributed by atoms with Crippen LogP contribution < -0.4 is 14.4 Å². The molecule has 1 aliphatic heterocycles. The molecule has 8 nitrogen and oxygen atoms in total. The number of anilines is 2. The number of amides is 1. The van der Waals surface area contributed by atoms with Gasteiger partial charge in [0.05, 0.1) is 17.1 Å². The Balaban J connectivity index is 2.13. The van der Waals surface area contributed by atoms with Crippen LogP contribution in [-0.2, 0) is 10.0 Å². The predicted octanol–water partition coefficient (Wildman–Crippen LogP) is 2.93. The van der Waals surface area contributed by atoms with Gasteiger partial charge in [0.2, 0.25) is 0 Å². The lowest BCUT2D eigenvalue weighted by Crippen LogP contribution is -2.53. The fraction of sp³-hybridized carbons (Fsp3) is 0.235. The first-order chi connectivity index (χ1) is 14.3. The summed E-state index contributed by atoms with van der Waals surface area (Å²) in [5.41, 5.74) is -0.517. The Morgan fingerprint density at radius 1 is 1.16 bits per heavy atom. The van der Waals surface area contributed by atoms with Gasteiger partial charge in [-0.2, -0.15) is 13.2 Å². The number of carboxylic acid groups (broad SMARTS) is 1. The number of alkyl halides is 3. The lowest BCUT2D eigenvalue weighted by Gasteiger charge is -2.37. The number of aliphatic hydroxyl groups is 1. The van der Waals surface area contributed by atoms with Crippen molar-refractivity contribution < 1.29 is 50.1 Å². The van der Waals surface area contributed by atoms with E-state index in [9.17, 15) is 40.3 Å². The van der Waals surface area contributed by atoms with Crippen LogP contribution in [0.3, 0.4) is 0 Å². The number of nitrogens with zero attached hydrogens (tertiary/aromatic N) is 1. The zero-order valence-electron chi connectivity index (χ0n) is 15.1. The third-order valence-electron chi connectivity index (χ3n) is 4.27. The Bertz CT molecular complexity index is 1120. The summed E-state index contributed by atoms with van der Waals surface area (Å²) in [5, 5.41) is 20.3. The summed E-state index contributed by atoms with van der Waals surface area (Å²) in [4.78, 5) is 10.1. The van der Waals surface area contributed by atoms with Crippen LogP contribution in [0.25, 0.3) is 0 Å². The van der Waals surface area contributed by atoms with Crippen LogP contribution in [0.4, 0.5) is 38.1 Å². The van der Waals surface area contributed by atoms with Gasteiger partial charge in [0, 0.05) is 5.69 Å². The van der Waals surface area contributed by atoms with Gasteiger partial charge in [0.25, 0.3) is 10.0 Å². The molecule has 31 heavy (non-hydrogen) atoms. The maximum Gasteiger partial charge on any atom is 0.418 e. The van der Waals surface area contributed by atoms with E-state index in [1.165, 1.54) is 0 Å². The van der Waals surface area contributed by atoms with E-state index in [0.29, 0.717) is 22.5 Å². The van der Waals surface area contributed by atoms with Crippen molar-refractivity contribution in [2.24, 2.45) is 0 Å². The maximum atomic E-state index is 13.6. The number of ether oxygens (including phenoxy) is 1. The molecule has 1 amide bonds. The lowest BCUT2D eigenvalue weighted by atomic mass is 10.1. The van der Waals surface area contributed by atoms with Gasteiger partial charge in [-0.15, -0.1) is 0 Å². The number of carbonyl (C=O) groups is 1. The normalized spacial score (nSPS) is 17.5. The number of nitrogens with one attached hydrogen (secondary N) is 1. The molecule has 0 radical (unpaired) electrons. The number of aliphatic hydroxyl groups excluding tert-OH is 1. The third-order valence-corrected chi connectivity index (χ3v) is 6.05. The topological polar surface area (TPSA) is 116 Å². The van der Waals surface area contributed by atoms with E-state index >= 15 is 0 Å². The second-order valence-corrected chi connectivity index (χ2v) is 8.23. The van der Waals surface area contributed by atoms with E-state index < -0.39 is 63.3 Å². The highest BCUT2D eigenvalue weighted by atomic mass is 32.2. The number of sulfonamides is 1. The van der Waals surface area contributed by atoms with Gasteiger partial charge in [-0.3, -0.25) is 9.62 Å². The molecule has 14 heteroatoms. The summed E-state index contributed by atoms with van der Waals surface area (Å²) in [5.74, 6) is -3.27. The number of hydrogen-bond donors (Lipinski definition) is 3. The van der Waals surface area contributed by atoms with Gasteiger partial charge < -0.3 is 14.9 Å². The first-order valence-corrected chi connectivity index (χ1v) is 9.78. The van der Waals surface area contributed by atoms with Crippen LogP contribution >= 0.6 is 0 Å². The van der Waals surface area contributed by atoms with Crippen LogP contribution in [0, 0.1) is 11.6 Å². The molecule has 0 aromatic heterocycles. The van der Waals surface area contributed by atoms with Crippen LogP contribution in [-0.4, -0.2) is 49.7 Å². The maximum absolute atomic E-state index is 13.6. The lowest BCUT2D eigenvalue weighted by molar-refractivity contribution is -0.225. The van der Waals surface area contributed by atoms with E-state index in [1.54, 1.807) is 0 Å². The molecule has 1 aliphatic rings. The molecule has 0 saturated carbocycles. The highest BCUT2D eigenvalue weighted by Gasteiger charge is 2.48. The minimum Gasteiger partial charge on any atom is -0.483 e. The molecular formula is C17H13F5N2O6S. The Morgan fingerprint density at radius 3 is 2.42 bits per heavy atom. The fourth-order valence-corrected chi connectivity index (χ4v) is 4.33. The minimum absolute atomic E-state index is 0.143. The van der Waals surface area contributed by atoms with Gasteiger partial charge in [-0.25, -0.2) is 22.0 Å². The summed E-state index contributed by atoms with van der Waals surface area (Å²) in [7, 11) is -4.78. The summed E-state index contributed by atoms with van der Waals surface area (Å²) in [6, 6.07) is 4.64. The number of fused-ring (bicyclic) bond motifs is 1. The fourth-order valence-electron chi connectivity index (χ4n) is 2.84. The highest BCUT2D eigenvalue weighted by Crippen LogP contribution is 2.41. The van der Waals surface area contributed by atoms with Crippen molar-refractivity contribution in [2.75, 3.05) is 16.2 Å². The average molecular weight is 468 g/mol. The summed E-state index contributed by atoms with van der Waals surface area (Å²) in [6.07, 6.45) is -11.8. The zero-order valence-corrected chi connectivity index (χ0v) is 15.9. The second-order valence-electron chi connectivity index (χ2n) is 6.37. The quantitative estimate of drug-likeness (QED) is 0.595. The Hall–Kier alpha value is -3.13. The van der Waals surface area contributed by atoms with E-state index in [4.69, 9.17) is 9.84 Å². The van der Waals surface area contributed by atoms with Gasteiger partial charge in [-0.05, 0) is 36.4 Å². The molecule has 2 aromatic carbocycles. The first-order valence-electron chi connectivity index (χ1n) is 8.34. The molecule has 3 rings (SSSR count). The van der Waals surface area contributed by atoms with Crippen molar-refractivity contribution in [1.82, 2.24) is 0 Å². The van der Waals surface area contributed by atoms with Crippen molar-refractivity contribution in [3.8, 4) is 5.75 Å². The molecule has 2 aromatic rings. The van der Waals surface area contributed by atoms with Crippen molar-refractivity contribution in [1.29, 1.82) is 0 Å². The van der Waals surface area contributed by atoms with E-state index in [1.807, 2.05) is 5.32 Å². The van der Waals surface area contributed by atoms with Crippen molar-refractivity contribution >= 4 is 27.5 Å². The van der Waals surface area contributed by atoms with Gasteiger partial charge in [0.1, 0.15) is 5.75 Å². The second kappa shape index (κ2) is 7.85. The van der Waals surface area contributed by atoms with Crippen LogP contribution in [0.5, 0.6) is 5.75 Å². The molecule has 2 atom stereocenters. The van der Waals surface area contributed by atoms with E-state index in [-0.39, 0.29) is 11.4 Å². The summed E-state index contributed by atoms with van der Waals surface area (Å²) < 4.78 is 97.4. The number of benzene rings is 2. The molecule has 0 fully saturated rings. The number of halogens is 5. The van der Waals surface area contributed by atoms with Crippen LogP contribution in [0.2, 0.25) is 0 Å². The SMILES string of the molecule is O=C(O)Nc1ccc2c(c1)N(S(=O)(=O)c1ccc(F)c(F)c1)C[C@@H]([C@@H](O)C(F)(F)F)O2. The monoisotopic (exact) mass is 468 g/mol. The van der Waals surface area contributed by atoms with Crippen molar-refractivity contribution in [3.05, 3.63) is 48.0 Å². The zero-order chi connectivity index (χ0) is 23.1. The molecule has 0 spiro atoms. The predicted molar refractivity (Wildman–Crippen MR) is 95.5 cm³/mol. The molecular weight excluding hydrogens is 455 g/mol. The van der Waals surface area contributed by atoms with Gasteiger partial charge in [-0.1, -0.05) is 0 Å². The van der Waals surface area contributed by atoms with Crippen molar-refractivity contribution in [2.45, 2.75) is 23.3 Å². The van der Waals surface area contributed by atoms with Crippen LogP contribution in [0.15, 0.2) is 41.3 Å². The summed E-state index contributed by atoms with van der Waals surface area (Å²) >= 11 is 0. The molecule has 0 aliphatic carbocycles. The number of hydrogen-bond acceptors (Lipinski definition) is 5. The van der Waals surface area contributed by atoms with E-state index in [0.717, 1.165) is 18.2 Å². The number of rotatable bonds is 4. The van der Waals surface area contributed by atoms with Gasteiger partial charge >= 0.3 is 12.3 Å². The van der Waals surface area contributed by atoms with Gasteiger partial charge in [0.15, 0.2) is 23.8 Å². The van der Waals surface area contributed by atoms with Crippen molar-refractivity contribution in [3.63, 3.8) is 0 Å². The smallest absolute Gasteiger partial charge is 0.418 e.